The van der Waals surface area contributed by atoms with Crippen LogP contribution in [0.3, 0.4) is 0 Å². The van der Waals surface area contributed by atoms with E-state index >= 15 is 0 Å². The highest BCUT2D eigenvalue weighted by Crippen LogP contribution is 2.11. The number of rotatable bonds is 4. The molecule has 0 bridgehead atoms. The average Bonchev–Trinajstić information content (AvgIpc) is 2.33. The van der Waals surface area contributed by atoms with Crippen molar-refractivity contribution in [3.8, 4) is 0 Å². The lowest BCUT2D eigenvalue weighted by Gasteiger charge is -2.04. The predicted octanol–water partition coefficient (Wildman–Crippen LogP) is 2.48. The lowest BCUT2D eigenvalue weighted by atomic mass is 10.1. The highest BCUT2D eigenvalue weighted by Gasteiger charge is 2.12. The maximum Gasteiger partial charge on any atom is 0.543 e. The standard InChI is InChI=1S/C12H14O6/c1-4-15-12(14)17-18-16-11(13)10-6-5-8(2)9(3)7-10/h5-7H,4H2,1-3H3. The molecule has 0 spiro atoms. The van der Waals surface area contributed by atoms with Gasteiger partial charge in [-0.05, 0) is 44.0 Å². The summed E-state index contributed by atoms with van der Waals surface area (Å²) < 4.78 is 4.39. The Balaban J connectivity index is 2.45. The first-order valence-corrected chi connectivity index (χ1v) is 5.34. The van der Waals surface area contributed by atoms with Gasteiger partial charge in [0.1, 0.15) is 0 Å². The molecule has 0 atom stereocenters. The second kappa shape index (κ2) is 6.61. The molecule has 18 heavy (non-hydrogen) atoms. The van der Waals surface area contributed by atoms with Gasteiger partial charge in [0.15, 0.2) is 0 Å². The van der Waals surface area contributed by atoms with E-state index < -0.39 is 12.1 Å². The zero-order valence-corrected chi connectivity index (χ0v) is 10.4. The quantitative estimate of drug-likeness (QED) is 0.467. The zero-order valence-electron chi connectivity index (χ0n) is 10.4. The summed E-state index contributed by atoms with van der Waals surface area (Å²) in [5.41, 5.74) is 2.29. The van der Waals surface area contributed by atoms with Crippen molar-refractivity contribution in [2.75, 3.05) is 6.61 Å². The Kier molecular flexibility index (Phi) is 5.13. The van der Waals surface area contributed by atoms with E-state index in [1.807, 2.05) is 13.8 Å². The average molecular weight is 254 g/mol. The number of ether oxygens (including phenoxy) is 1. The normalized spacial score (nSPS) is 9.72. The molecule has 0 radical (unpaired) electrons. The third kappa shape index (κ3) is 4.06. The van der Waals surface area contributed by atoms with Gasteiger partial charge >= 0.3 is 12.1 Å². The zero-order chi connectivity index (χ0) is 13.5. The molecule has 0 amide bonds. The molecule has 1 rings (SSSR count). The van der Waals surface area contributed by atoms with Crippen LogP contribution in [-0.2, 0) is 19.6 Å². The van der Waals surface area contributed by atoms with Gasteiger partial charge in [0.25, 0.3) is 0 Å². The van der Waals surface area contributed by atoms with Gasteiger partial charge in [0.05, 0.1) is 17.2 Å². The van der Waals surface area contributed by atoms with E-state index in [-0.39, 0.29) is 6.61 Å². The third-order valence-electron chi connectivity index (χ3n) is 2.22. The molecule has 0 fully saturated rings. The van der Waals surface area contributed by atoms with Crippen LogP contribution in [0.5, 0.6) is 0 Å². The first-order valence-electron chi connectivity index (χ1n) is 5.34. The largest absolute Gasteiger partial charge is 0.543 e. The van der Waals surface area contributed by atoms with E-state index in [4.69, 9.17) is 0 Å². The molecule has 1 aromatic rings. The Labute approximate surface area is 104 Å². The number of hydrogen-bond acceptors (Lipinski definition) is 6. The summed E-state index contributed by atoms with van der Waals surface area (Å²) in [5.74, 6) is -0.762. The summed E-state index contributed by atoms with van der Waals surface area (Å²) in [6.07, 6.45) is -1.08. The van der Waals surface area contributed by atoms with Crippen LogP contribution in [0.15, 0.2) is 18.2 Å². The minimum atomic E-state index is -1.08. The SMILES string of the molecule is CCOC(=O)OOOC(=O)c1ccc(C)c(C)c1. The summed E-state index contributed by atoms with van der Waals surface area (Å²) in [7, 11) is 0. The Morgan fingerprint density at radius 2 is 1.83 bits per heavy atom. The number of carbonyl (C=O) groups is 2. The van der Waals surface area contributed by atoms with Gasteiger partial charge in [0, 0.05) is 0 Å². The minimum absolute atomic E-state index is 0.132. The van der Waals surface area contributed by atoms with Crippen molar-refractivity contribution in [3.05, 3.63) is 34.9 Å². The topological polar surface area (TPSA) is 71.1 Å². The van der Waals surface area contributed by atoms with E-state index in [1.165, 1.54) is 0 Å². The van der Waals surface area contributed by atoms with Gasteiger partial charge in [-0.3, -0.25) is 4.89 Å². The van der Waals surface area contributed by atoms with Gasteiger partial charge in [0.2, 0.25) is 0 Å². The lowest BCUT2D eigenvalue weighted by Crippen LogP contribution is -2.12. The number of benzene rings is 1. The molecule has 0 aliphatic rings. The van der Waals surface area contributed by atoms with Crippen molar-refractivity contribution >= 4 is 12.1 Å². The molecular formula is C12H14O6. The lowest BCUT2D eigenvalue weighted by molar-refractivity contribution is -0.452. The molecule has 1 aromatic carbocycles. The first kappa shape index (κ1) is 14.0. The van der Waals surface area contributed by atoms with Gasteiger partial charge in [-0.15, -0.1) is 0 Å². The Morgan fingerprint density at radius 3 is 2.44 bits per heavy atom. The van der Waals surface area contributed by atoms with Gasteiger partial charge in [-0.1, -0.05) is 6.07 Å². The highest BCUT2D eigenvalue weighted by molar-refractivity contribution is 5.89. The predicted molar refractivity (Wildman–Crippen MR) is 60.5 cm³/mol. The van der Waals surface area contributed by atoms with E-state index in [9.17, 15) is 9.59 Å². The maximum atomic E-state index is 11.5. The fraction of sp³-hybridized carbons (Fsp3) is 0.333. The van der Waals surface area contributed by atoms with Gasteiger partial charge in [-0.25, -0.2) is 14.5 Å². The second-order valence-electron chi connectivity index (χ2n) is 3.50. The van der Waals surface area contributed by atoms with Crippen LogP contribution in [0.2, 0.25) is 0 Å². The van der Waals surface area contributed by atoms with E-state index in [1.54, 1.807) is 25.1 Å². The van der Waals surface area contributed by atoms with Crippen LogP contribution in [0, 0.1) is 13.8 Å². The molecular weight excluding hydrogens is 240 g/mol. The molecule has 6 nitrogen and oxygen atoms in total. The van der Waals surface area contributed by atoms with Gasteiger partial charge in [-0.2, -0.15) is 0 Å². The molecule has 0 aromatic heterocycles. The van der Waals surface area contributed by atoms with Crippen LogP contribution >= 0.6 is 0 Å². The Hall–Kier alpha value is -2.08. The molecule has 0 unspecified atom stereocenters. The van der Waals surface area contributed by atoms with Crippen molar-refractivity contribution in [1.29, 1.82) is 0 Å². The Bertz CT molecular complexity index is 440. The van der Waals surface area contributed by atoms with Crippen molar-refractivity contribution in [2.45, 2.75) is 20.8 Å². The molecule has 6 heteroatoms. The summed E-state index contributed by atoms with van der Waals surface area (Å²) in [6, 6.07) is 5.00. The molecule has 0 heterocycles. The first-order chi connectivity index (χ1) is 8.54. The van der Waals surface area contributed by atoms with Crippen LogP contribution in [-0.4, -0.2) is 18.7 Å². The fourth-order valence-corrected chi connectivity index (χ4v) is 1.13. The van der Waals surface area contributed by atoms with Crippen molar-refractivity contribution in [2.24, 2.45) is 0 Å². The summed E-state index contributed by atoms with van der Waals surface area (Å²) in [5, 5.41) is 4.01. The second-order valence-corrected chi connectivity index (χ2v) is 3.50. The van der Waals surface area contributed by atoms with Crippen molar-refractivity contribution < 1.29 is 29.1 Å². The van der Waals surface area contributed by atoms with Gasteiger partial charge < -0.3 is 4.74 Å². The number of hydrogen-bond donors (Lipinski definition) is 0. The van der Waals surface area contributed by atoms with Crippen molar-refractivity contribution in [1.82, 2.24) is 0 Å². The van der Waals surface area contributed by atoms with Crippen LogP contribution < -0.4 is 0 Å². The molecule has 0 aliphatic carbocycles. The molecule has 98 valence electrons. The summed E-state index contributed by atoms with van der Waals surface area (Å²) in [6.45, 7) is 5.52. The molecule has 0 saturated heterocycles. The summed E-state index contributed by atoms with van der Waals surface area (Å²) >= 11 is 0. The maximum absolute atomic E-state index is 11.5. The molecule has 0 aliphatic heterocycles. The number of carbonyl (C=O) groups excluding carboxylic acids is 2. The molecule has 0 N–H and O–H groups in total. The van der Waals surface area contributed by atoms with Crippen LogP contribution in [0.1, 0.15) is 28.4 Å². The smallest absolute Gasteiger partial charge is 0.433 e. The molecule has 0 saturated carbocycles. The number of aryl methyl sites for hydroxylation is 2. The third-order valence-corrected chi connectivity index (χ3v) is 2.22. The van der Waals surface area contributed by atoms with Crippen LogP contribution in [0.25, 0.3) is 0 Å². The minimum Gasteiger partial charge on any atom is -0.433 e. The fourth-order valence-electron chi connectivity index (χ4n) is 1.13. The van der Waals surface area contributed by atoms with E-state index in [2.05, 4.69) is 19.6 Å². The van der Waals surface area contributed by atoms with Crippen LogP contribution in [0.4, 0.5) is 4.79 Å². The Morgan fingerprint density at radius 1 is 1.11 bits per heavy atom. The van der Waals surface area contributed by atoms with E-state index in [0.717, 1.165) is 11.1 Å². The van der Waals surface area contributed by atoms with E-state index in [0.29, 0.717) is 5.56 Å². The highest BCUT2D eigenvalue weighted by atomic mass is 17.5. The monoisotopic (exact) mass is 254 g/mol. The summed E-state index contributed by atoms with van der Waals surface area (Å²) in [4.78, 5) is 30.5. The van der Waals surface area contributed by atoms with Crippen molar-refractivity contribution in [3.63, 3.8) is 0 Å².